The van der Waals surface area contributed by atoms with Crippen LogP contribution in [0.2, 0.25) is 0 Å². The molecule has 4 heteroatoms. The molecule has 0 fully saturated rings. The average molecular weight is 247 g/mol. The van der Waals surface area contributed by atoms with Crippen molar-refractivity contribution in [1.29, 1.82) is 0 Å². The van der Waals surface area contributed by atoms with Crippen LogP contribution in [0.4, 0.5) is 5.69 Å². The maximum absolute atomic E-state index is 5.76. The zero-order valence-electron chi connectivity index (χ0n) is 10.2. The number of rotatable bonds is 4. The summed E-state index contributed by atoms with van der Waals surface area (Å²) in [5, 5.41) is 1.12. The molecule has 0 saturated carbocycles. The smallest absolute Gasteiger partial charge is 0.0897 e. The van der Waals surface area contributed by atoms with Crippen molar-refractivity contribution in [1.82, 2.24) is 9.88 Å². The van der Waals surface area contributed by atoms with E-state index < -0.39 is 0 Å². The molecule has 17 heavy (non-hydrogen) atoms. The van der Waals surface area contributed by atoms with Crippen molar-refractivity contribution in [2.45, 2.75) is 20.0 Å². The summed E-state index contributed by atoms with van der Waals surface area (Å²) in [6.45, 7) is 3.87. The Morgan fingerprint density at radius 2 is 2.18 bits per heavy atom. The largest absolute Gasteiger partial charge is 0.399 e. The molecule has 0 aliphatic heterocycles. The van der Waals surface area contributed by atoms with Gasteiger partial charge < -0.3 is 5.73 Å². The minimum atomic E-state index is 0.824. The summed E-state index contributed by atoms with van der Waals surface area (Å²) >= 11 is 1.75. The Morgan fingerprint density at radius 1 is 1.35 bits per heavy atom. The van der Waals surface area contributed by atoms with Crippen LogP contribution in [0.3, 0.4) is 0 Å². The van der Waals surface area contributed by atoms with E-state index in [4.69, 9.17) is 5.73 Å². The highest BCUT2D eigenvalue weighted by atomic mass is 32.1. The Balaban J connectivity index is 1.95. The van der Waals surface area contributed by atoms with Crippen LogP contribution in [0.5, 0.6) is 0 Å². The van der Waals surface area contributed by atoms with Gasteiger partial charge in [-0.15, -0.1) is 11.3 Å². The van der Waals surface area contributed by atoms with E-state index >= 15 is 0 Å². The molecule has 1 heterocycles. The lowest BCUT2D eigenvalue weighted by Gasteiger charge is -2.15. The first-order valence-corrected chi connectivity index (χ1v) is 6.39. The van der Waals surface area contributed by atoms with Gasteiger partial charge >= 0.3 is 0 Å². The zero-order valence-corrected chi connectivity index (χ0v) is 11.0. The maximum Gasteiger partial charge on any atom is 0.0897 e. The van der Waals surface area contributed by atoms with Crippen molar-refractivity contribution >= 4 is 17.0 Å². The molecule has 2 rings (SSSR count). The molecule has 0 atom stereocenters. The third-order valence-corrected chi connectivity index (χ3v) is 3.40. The van der Waals surface area contributed by atoms with Crippen LogP contribution < -0.4 is 5.73 Å². The number of benzene rings is 1. The highest BCUT2D eigenvalue weighted by molar-refractivity contribution is 7.11. The highest BCUT2D eigenvalue weighted by Gasteiger charge is 2.04. The summed E-state index contributed by atoms with van der Waals surface area (Å²) in [6.07, 6.45) is 1.95. The average Bonchev–Trinajstić information content (AvgIpc) is 2.63. The van der Waals surface area contributed by atoms with Gasteiger partial charge in [-0.3, -0.25) is 4.90 Å². The molecular formula is C13H17N3S. The van der Waals surface area contributed by atoms with Crippen molar-refractivity contribution in [2.75, 3.05) is 12.8 Å². The topological polar surface area (TPSA) is 42.2 Å². The first kappa shape index (κ1) is 12.1. The summed E-state index contributed by atoms with van der Waals surface area (Å²) in [6, 6.07) is 8.03. The predicted molar refractivity (Wildman–Crippen MR) is 72.9 cm³/mol. The van der Waals surface area contributed by atoms with Crippen LogP contribution in [-0.4, -0.2) is 16.9 Å². The number of aryl methyl sites for hydroxylation is 1. The van der Waals surface area contributed by atoms with E-state index in [9.17, 15) is 0 Å². The number of anilines is 1. The van der Waals surface area contributed by atoms with Gasteiger partial charge in [-0.25, -0.2) is 4.98 Å². The van der Waals surface area contributed by atoms with Crippen LogP contribution in [0.25, 0.3) is 0 Å². The second-order valence-corrected chi connectivity index (χ2v) is 5.58. The van der Waals surface area contributed by atoms with Crippen molar-refractivity contribution in [3.63, 3.8) is 0 Å². The van der Waals surface area contributed by atoms with Crippen molar-refractivity contribution in [3.05, 3.63) is 45.9 Å². The van der Waals surface area contributed by atoms with Gasteiger partial charge in [-0.2, -0.15) is 0 Å². The van der Waals surface area contributed by atoms with Gasteiger partial charge in [0.25, 0.3) is 0 Å². The van der Waals surface area contributed by atoms with E-state index in [2.05, 4.69) is 23.0 Å². The number of thiazole rings is 1. The number of nitrogen functional groups attached to an aromatic ring is 1. The predicted octanol–water partition coefficient (Wildman–Crippen LogP) is 2.67. The second-order valence-electron chi connectivity index (χ2n) is 4.26. The molecule has 0 amide bonds. The molecule has 2 N–H and O–H groups in total. The van der Waals surface area contributed by atoms with E-state index in [0.717, 1.165) is 23.8 Å². The van der Waals surface area contributed by atoms with Gasteiger partial charge in [-0.1, -0.05) is 12.1 Å². The van der Waals surface area contributed by atoms with E-state index in [-0.39, 0.29) is 0 Å². The molecular weight excluding hydrogens is 230 g/mol. The molecule has 3 nitrogen and oxygen atoms in total. The minimum Gasteiger partial charge on any atom is -0.399 e. The molecule has 0 bridgehead atoms. The Bertz CT molecular complexity index is 493. The van der Waals surface area contributed by atoms with Crippen molar-refractivity contribution in [3.8, 4) is 0 Å². The molecule has 0 aliphatic rings. The molecule has 1 aromatic heterocycles. The lowest BCUT2D eigenvalue weighted by Crippen LogP contribution is -2.16. The summed E-state index contributed by atoms with van der Waals surface area (Å²) < 4.78 is 0. The Morgan fingerprint density at radius 3 is 2.82 bits per heavy atom. The molecule has 0 saturated heterocycles. The second kappa shape index (κ2) is 5.29. The molecule has 90 valence electrons. The third kappa shape index (κ3) is 3.54. The number of hydrogen-bond acceptors (Lipinski definition) is 4. The fourth-order valence-electron chi connectivity index (χ4n) is 1.80. The van der Waals surface area contributed by atoms with Crippen LogP contribution >= 0.6 is 11.3 Å². The van der Waals surface area contributed by atoms with E-state index in [0.29, 0.717) is 0 Å². The standard InChI is InChI=1S/C13H17N3S/c1-10-15-7-13(17-10)9-16(2)8-11-4-3-5-12(14)6-11/h3-7H,8-9,14H2,1-2H3. The fraction of sp³-hybridized carbons (Fsp3) is 0.308. The summed E-state index contributed by atoms with van der Waals surface area (Å²) in [5.74, 6) is 0. The zero-order chi connectivity index (χ0) is 12.3. The molecule has 1 aromatic carbocycles. The first-order valence-electron chi connectivity index (χ1n) is 5.58. The molecule has 0 spiro atoms. The number of aromatic nitrogens is 1. The van der Waals surface area contributed by atoms with Crippen LogP contribution in [-0.2, 0) is 13.1 Å². The summed E-state index contributed by atoms with van der Waals surface area (Å²) in [5.41, 5.74) is 7.83. The van der Waals surface area contributed by atoms with Crippen LogP contribution in [0, 0.1) is 6.92 Å². The van der Waals surface area contributed by atoms with Crippen molar-refractivity contribution in [2.24, 2.45) is 0 Å². The number of nitrogens with zero attached hydrogens (tertiary/aromatic N) is 2. The third-order valence-electron chi connectivity index (χ3n) is 2.50. The highest BCUT2D eigenvalue weighted by Crippen LogP contribution is 2.15. The Labute approximate surface area is 106 Å². The quantitative estimate of drug-likeness (QED) is 0.845. The number of hydrogen-bond donors (Lipinski definition) is 1. The first-order chi connectivity index (χ1) is 8.13. The Kier molecular flexibility index (Phi) is 3.76. The van der Waals surface area contributed by atoms with E-state index in [1.807, 2.05) is 31.3 Å². The SMILES string of the molecule is Cc1ncc(CN(C)Cc2cccc(N)c2)s1. The lowest BCUT2D eigenvalue weighted by atomic mass is 10.2. The van der Waals surface area contributed by atoms with Crippen LogP contribution in [0.15, 0.2) is 30.5 Å². The molecule has 2 aromatic rings. The Hall–Kier alpha value is -1.39. The summed E-state index contributed by atoms with van der Waals surface area (Å²) in [4.78, 5) is 7.83. The van der Waals surface area contributed by atoms with Crippen molar-refractivity contribution < 1.29 is 0 Å². The van der Waals surface area contributed by atoms with Crippen LogP contribution in [0.1, 0.15) is 15.4 Å². The molecule has 0 unspecified atom stereocenters. The summed E-state index contributed by atoms with van der Waals surface area (Å²) in [7, 11) is 2.11. The van der Waals surface area contributed by atoms with Gasteiger partial charge in [0, 0.05) is 29.9 Å². The van der Waals surface area contributed by atoms with E-state index in [1.165, 1.54) is 10.4 Å². The van der Waals surface area contributed by atoms with Gasteiger partial charge in [0.05, 0.1) is 5.01 Å². The van der Waals surface area contributed by atoms with Gasteiger partial charge in [0.2, 0.25) is 0 Å². The van der Waals surface area contributed by atoms with Gasteiger partial charge in [-0.05, 0) is 31.7 Å². The molecule has 0 aliphatic carbocycles. The fourth-order valence-corrected chi connectivity index (χ4v) is 2.68. The maximum atomic E-state index is 5.76. The monoisotopic (exact) mass is 247 g/mol. The van der Waals surface area contributed by atoms with Gasteiger partial charge in [0.1, 0.15) is 0 Å². The van der Waals surface area contributed by atoms with E-state index in [1.54, 1.807) is 11.3 Å². The minimum absolute atomic E-state index is 0.824. The number of nitrogens with two attached hydrogens (primary N) is 1. The molecule has 0 radical (unpaired) electrons. The lowest BCUT2D eigenvalue weighted by molar-refractivity contribution is 0.322. The van der Waals surface area contributed by atoms with Gasteiger partial charge in [0.15, 0.2) is 0 Å². The normalized spacial score (nSPS) is 11.0.